The number of hydrogen-bond acceptors (Lipinski definition) is 3. The molecule has 20 heavy (non-hydrogen) atoms. The summed E-state index contributed by atoms with van der Waals surface area (Å²) in [6, 6.07) is 10.3. The molecule has 1 aromatic heterocycles. The van der Waals surface area contributed by atoms with E-state index >= 15 is 0 Å². The van der Waals surface area contributed by atoms with Crippen LogP contribution in [-0.4, -0.2) is 23.2 Å². The zero-order valence-corrected chi connectivity index (χ0v) is 11.7. The van der Waals surface area contributed by atoms with Crippen LogP contribution in [0.25, 0.3) is 0 Å². The van der Waals surface area contributed by atoms with Crippen LogP contribution in [0.1, 0.15) is 23.3 Å². The highest BCUT2D eigenvalue weighted by atomic mass is 32.1. The second-order valence-electron chi connectivity index (χ2n) is 4.67. The number of rotatable bonds is 2. The van der Waals surface area contributed by atoms with Crippen molar-refractivity contribution in [3.8, 4) is 0 Å². The Labute approximate surface area is 120 Å². The van der Waals surface area contributed by atoms with E-state index in [0.717, 1.165) is 16.2 Å². The summed E-state index contributed by atoms with van der Waals surface area (Å²) in [6.07, 6.45) is 0. The first-order chi connectivity index (χ1) is 9.65. The molecule has 3 nitrogen and oxygen atoms in total. The predicted molar refractivity (Wildman–Crippen MR) is 77.4 cm³/mol. The van der Waals surface area contributed by atoms with Gasteiger partial charge >= 0.3 is 0 Å². The van der Waals surface area contributed by atoms with Gasteiger partial charge in [-0.25, -0.2) is 9.40 Å². The summed E-state index contributed by atoms with van der Waals surface area (Å²) in [4.78, 5) is 12.6. The van der Waals surface area contributed by atoms with Gasteiger partial charge in [0.25, 0.3) is 0 Å². The second kappa shape index (κ2) is 5.17. The van der Waals surface area contributed by atoms with Crippen molar-refractivity contribution in [2.24, 2.45) is 5.10 Å². The van der Waals surface area contributed by atoms with E-state index in [1.165, 1.54) is 24.1 Å². The van der Waals surface area contributed by atoms with E-state index in [1.807, 2.05) is 17.5 Å². The Bertz CT molecular complexity index is 649. The van der Waals surface area contributed by atoms with Crippen LogP contribution in [0, 0.1) is 5.82 Å². The molecule has 1 amide bonds. The van der Waals surface area contributed by atoms with Crippen LogP contribution in [0.5, 0.6) is 0 Å². The Kier molecular flexibility index (Phi) is 3.36. The fourth-order valence-corrected chi connectivity index (χ4v) is 3.07. The summed E-state index contributed by atoms with van der Waals surface area (Å²) in [6.45, 7) is 2.01. The van der Waals surface area contributed by atoms with Crippen molar-refractivity contribution in [3.63, 3.8) is 0 Å². The Hall–Kier alpha value is -2.01. The van der Waals surface area contributed by atoms with E-state index < -0.39 is 0 Å². The Balaban J connectivity index is 1.99. The smallest absolute Gasteiger partial charge is 0.239 e. The van der Waals surface area contributed by atoms with Gasteiger partial charge in [0.05, 0.1) is 17.1 Å². The molecule has 0 bridgehead atoms. The number of benzene rings is 1. The van der Waals surface area contributed by atoms with Gasteiger partial charge in [0.2, 0.25) is 5.91 Å². The van der Waals surface area contributed by atoms with Gasteiger partial charge in [0.15, 0.2) is 0 Å². The van der Waals surface area contributed by atoms with E-state index in [1.54, 1.807) is 23.5 Å². The van der Waals surface area contributed by atoms with Gasteiger partial charge in [0, 0.05) is 12.8 Å². The molecule has 5 heteroatoms. The number of carbonyl (C=O) groups is 1. The summed E-state index contributed by atoms with van der Waals surface area (Å²) < 4.78 is 13.1. The zero-order valence-electron chi connectivity index (χ0n) is 10.9. The van der Waals surface area contributed by atoms with Crippen LogP contribution in [0.2, 0.25) is 0 Å². The molecule has 1 atom stereocenters. The van der Waals surface area contributed by atoms with Crippen molar-refractivity contribution in [2.75, 3.05) is 6.54 Å². The quantitative estimate of drug-likeness (QED) is 0.835. The molecule has 1 aromatic carbocycles. The Morgan fingerprint density at radius 3 is 2.70 bits per heavy atom. The minimum atomic E-state index is -0.259. The fraction of sp³-hybridized carbons (Fsp3) is 0.200. The Morgan fingerprint density at radius 1 is 1.35 bits per heavy atom. The van der Waals surface area contributed by atoms with Crippen molar-refractivity contribution in [1.29, 1.82) is 0 Å². The fourth-order valence-electron chi connectivity index (χ4n) is 2.30. The molecule has 1 aliphatic heterocycles. The lowest BCUT2D eigenvalue weighted by Crippen LogP contribution is -2.22. The first kappa shape index (κ1) is 13.0. The van der Waals surface area contributed by atoms with Crippen molar-refractivity contribution in [2.45, 2.75) is 12.8 Å². The maximum atomic E-state index is 13.1. The normalized spacial score (nSPS) is 18.2. The number of thiophene rings is 1. The van der Waals surface area contributed by atoms with Gasteiger partial charge in [-0.3, -0.25) is 4.79 Å². The lowest BCUT2D eigenvalue weighted by molar-refractivity contribution is -0.128. The molecule has 0 N–H and O–H groups in total. The SMILES string of the molecule is CC(=O)N1C[C@H](c2ccc(F)cc2)C(c2cccs2)=N1. The monoisotopic (exact) mass is 288 g/mol. The molecule has 0 saturated carbocycles. The number of carbonyl (C=O) groups excluding carboxylic acids is 1. The number of nitrogens with zero attached hydrogens (tertiary/aromatic N) is 2. The van der Waals surface area contributed by atoms with Crippen molar-refractivity contribution in [3.05, 3.63) is 58.0 Å². The molecule has 0 aliphatic carbocycles. The third-order valence-corrected chi connectivity index (χ3v) is 4.22. The molecule has 3 rings (SSSR count). The molecule has 102 valence electrons. The number of halogens is 1. The average molecular weight is 288 g/mol. The van der Waals surface area contributed by atoms with E-state index in [4.69, 9.17) is 0 Å². The second-order valence-corrected chi connectivity index (χ2v) is 5.62. The summed E-state index contributed by atoms with van der Waals surface area (Å²) in [5.74, 6) is -0.341. The summed E-state index contributed by atoms with van der Waals surface area (Å²) in [5, 5.41) is 7.88. The third-order valence-electron chi connectivity index (χ3n) is 3.32. The highest BCUT2D eigenvalue weighted by Crippen LogP contribution is 2.30. The van der Waals surface area contributed by atoms with Crippen LogP contribution in [0.4, 0.5) is 4.39 Å². The first-order valence-corrected chi connectivity index (χ1v) is 7.19. The maximum absolute atomic E-state index is 13.1. The lowest BCUT2D eigenvalue weighted by atomic mass is 9.94. The maximum Gasteiger partial charge on any atom is 0.239 e. The van der Waals surface area contributed by atoms with Crippen molar-refractivity contribution < 1.29 is 9.18 Å². The van der Waals surface area contributed by atoms with Gasteiger partial charge in [-0.2, -0.15) is 5.10 Å². The van der Waals surface area contributed by atoms with Gasteiger partial charge in [-0.05, 0) is 29.1 Å². The van der Waals surface area contributed by atoms with Gasteiger partial charge in [0.1, 0.15) is 5.82 Å². The standard InChI is InChI=1S/C15H13FN2OS/c1-10(19)18-9-13(11-4-6-12(16)7-5-11)15(17-18)14-3-2-8-20-14/h2-8,13H,9H2,1H3/t13-/m1/s1. The number of amides is 1. The summed E-state index contributed by atoms with van der Waals surface area (Å²) in [5.41, 5.74) is 1.85. The largest absolute Gasteiger partial charge is 0.273 e. The van der Waals surface area contributed by atoms with E-state index in [2.05, 4.69) is 5.10 Å². The minimum absolute atomic E-state index is 0.00171. The van der Waals surface area contributed by atoms with Crippen LogP contribution >= 0.6 is 11.3 Å². The Morgan fingerprint density at radius 2 is 2.10 bits per heavy atom. The van der Waals surface area contributed by atoms with Crippen molar-refractivity contribution in [1.82, 2.24) is 5.01 Å². The highest BCUT2D eigenvalue weighted by Gasteiger charge is 2.31. The number of hydrogen-bond donors (Lipinski definition) is 0. The van der Waals surface area contributed by atoms with E-state index in [0.29, 0.717) is 6.54 Å². The number of hydrazone groups is 1. The van der Waals surface area contributed by atoms with E-state index in [-0.39, 0.29) is 17.6 Å². The molecule has 0 radical (unpaired) electrons. The molecule has 1 aliphatic rings. The topological polar surface area (TPSA) is 32.7 Å². The van der Waals surface area contributed by atoms with Crippen molar-refractivity contribution >= 4 is 23.0 Å². The van der Waals surface area contributed by atoms with Crippen LogP contribution in [-0.2, 0) is 4.79 Å². The van der Waals surface area contributed by atoms with Gasteiger partial charge < -0.3 is 0 Å². The summed E-state index contributed by atoms with van der Waals surface area (Å²) in [7, 11) is 0. The first-order valence-electron chi connectivity index (χ1n) is 6.31. The third kappa shape index (κ3) is 2.36. The van der Waals surface area contributed by atoms with Gasteiger partial charge in [-0.15, -0.1) is 11.3 Å². The predicted octanol–water partition coefficient (Wildman–Crippen LogP) is 3.24. The zero-order chi connectivity index (χ0) is 14.1. The van der Waals surface area contributed by atoms with E-state index in [9.17, 15) is 9.18 Å². The summed E-state index contributed by atoms with van der Waals surface area (Å²) >= 11 is 1.59. The highest BCUT2D eigenvalue weighted by molar-refractivity contribution is 7.12. The van der Waals surface area contributed by atoms with Crippen LogP contribution < -0.4 is 0 Å². The molecule has 0 spiro atoms. The van der Waals surface area contributed by atoms with Crippen LogP contribution in [0.3, 0.4) is 0 Å². The molecular weight excluding hydrogens is 275 g/mol. The molecule has 2 aromatic rings. The average Bonchev–Trinajstić information content (AvgIpc) is 3.08. The minimum Gasteiger partial charge on any atom is -0.273 e. The lowest BCUT2D eigenvalue weighted by Gasteiger charge is -2.13. The molecular formula is C15H13FN2OS. The molecule has 0 fully saturated rings. The molecule has 0 unspecified atom stereocenters. The molecule has 2 heterocycles. The van der Waals surface area contributed by atoms with Gasteiger partial charge in [-0.1, -0.05) is 18.2 Å². The van der Waals surface area contributed by atoms with Crippen LogP contribution in [0.15, 0.2) is 46.9 Å². The molecule has 0 saturated heterocycles.